The fourth-order valence-electron chi connectivity index (χ4n) is 2.05. The molecule has 1 heterocycles. The zero-order valence-electron chi connectivity index (χ0n) is 13.4. The summed E-state index contributed by atoms with van der Waals surface area (Å²) in [4.78, 5) is 0. The van der Waals surface area contributed by atoms with Crippen LogP contribution in [0.2, 0.25) is 0 Å². The average Bonchev–Trinajstić information content (AvgIpc) is 2.49. The van der Waals surface area contributed by atoms with Crippen LogP contribution in [0.3, 0.4) is 0 Å². The molecular formula is C16H27BO2. The third kappa shape index (κ3) is 3.61. The van der Waals surface area contributed by atoms with Crippen molar-refractivity contribution in [2.24, 2.45) is 5.92 Å². The van der Waals surface area contributed by atoms with Gasteiger partial charge in [-0.1, -0.05) is 37.3 Å². The molecule has 0 aromatic rings. The van der Waals surface area contributed by atoms with Gasteiger partial charge in [-0.25, -0.2) is 0 Å². The second-order valence-corrected chi connectivity index (χ2v) is 6.08. The first-order valence-electron chi connectivity index (χ1n) is 7.06. The molecule has 0 spiro atoms. The number of hydrogen-bond acceptors (Lipinski definition) is 2. The normalized spacial score (nSPS) is 24.6. The molecule has 1 unspecified atom stereocenters. The van der Waals surface area contributed by atoms with Gasteiger partial charge >= 0.3 is 7.12 Å². The Kier molecular flexibility index (Phi) is 5.22. The molecule has 0 N–H and O–H groups in total. The highest BCUT2D eigenvalue weighted by molar-refractivity contribution is 6.54. The summed E-state index contributed by atoms with van der Waals surface area (Å²) in [7, 11) is -0.250. The van der Waals surface area contributed by atoms with Crippen LogP contribution in [-0.2, 0) is 9.31 Å². The molecule has 0 radical (unpaired) electrons. The summed E-state index contributed by atoms with van der Waals surface area (Å²) < 4.78 is 12.2. The maximum atomic E-state index is 6.10. The smallest absolute Gasteiger partial charge is 0.400 e. The Morgan fingerprint density at radius 3 is 1.95 bits per heavy atom. The Morgan fingerprint density at radius 2 is 1.53 bits per heavy atom. The van der Waals surface area contributed by atoms with Crippen molar-refractivity contribution in [1.29, 1.82) is 0 Å². The third-order valence-corrected chi connectivity index (χ3v) is 4.09. The van der Waals surface area contributed by atoms with Crippen molar-refractivity contribution in [2.45, 2.75) is 59.7 Å². The van der Waals surface area contributed by atoms with E-state index in [0.717, 1.165) is 0 Å². The maximum absolute atomic E-state index is 6.10. The van der Waals surface area contributed by atoms with E-state index in [1.54, 1.807) is 0 Å². The lowest BCUT2D eigenvalue weighted by Crippen LogP contribution is -2.41. The Hall–Kier alpha value is -0.795. The first-order valence-corrected chi connectivity index (χ1v) is 7.06. The molecule has 1 rings (SSSR count). The highest BCUT2D eigenvalue weighted by atomic mass is 16.7. The topological polar surface area (TPSA) is 18.5 Å². The molecule has 1 fully saturated rings. The summed E-state index contributed by atoms with van der Waals surface area (Å²) in [6, 6.07) is 0. The lowest BCUT2D eigenvalue weighted by atomic mass is 9.71. The molecule has 0 saturated carbocycles. The molecule has 0 aliphatic carbocycles. The van der Waals surface area contributed by atoms with E-state index in [0.29, 0.717) is 5.92 Å². The van der Waals surface area contributed by atoms with Gasteiger partial charge in [-0.3, -0.25) is 0 Å². The quantitative estimate of drug-likeness (QED) is 0.554. The van der Waals surface area contributed by atoms with Gasteiger partial charge in [0, 0.05) is 0 Å². The van der Waals surface area contributed by atoms with Crippen molar-refractivity contribution in [2.75, 3.05) is 0 Å². The van der Waals surface area contributed by atoms with Crippen LogP contribution in [-0.4, -0.2) is 18.3 Å². The van der Waals surface area contributed by atoms with Crippen molar-refractivity contribution in [3.8, 4) is 0 Å². The summed E-state index contributed by atoms with van der Waals surface area (Å²) in [6.07, 6.45) is 10.4. The van der Waals surface area contributed by atoms with Crippen molar-refractivity contribution in [1.82, 2.24) is 0 Å². The van der Waals surface area contributed by atoms with Gasteiger partial charge in [-0.15, -0.1) is 0 Å². The van der Waals surface area contributed by atoms with Crippen molar-refractivity contribution >= 4 is 7.12 Å². The minimum Gasteiger partial charge on any atom is -0.400 e. The van der Waals surface area contributed by atoms with Crippen LogP contribution >= 0.6 is 0 Å². The summed E-state index contributed by atoms with van der Waals surface area (Å²) in [6.45, 7) is 14.6. The SMILES string of the molecule is C/C=C\C=C/C(C)/C(=C\C)B1OC(C)(C)C(C)(C)O1. The number of hydrogen-bond donors (Lipinski definition) is 0. The predicted octanol–water partition coefficient (Wildman–Crippen LogP) is 4.33. The molecule has 0 bridgehead atoms. The van der Waals surface area contributed by atoms with Crippen LogP contribution in [0.15, 0.2) is 35.9 Å². The van der Waals surface area contributed by atoms with E-state index in [4.69, 9.17) is 9.31 Å². The Morgan fingerprint density at radius 1 is 1.00 bits per heavy atom. The van der Waals surface area contributed by atoms with Crippen LogP contribution in [0, 0.1) is 5.92 Å². The van der Waals surface area contributed by atoms with Crippen LogP contribution in [0.4, 0.5) is 0 Å². The van der Waals surface area contributed by atoms with Gasteiger partial charge in [0.1, 0.15) is 0 Å². The highest BCUT2D eigenvalue weighted by Crippen LogP contribution is 2.39. The lowest BCUT2D eigenvalue weighted by molar-refractivity contribution is 0.00578. The first kappa shape index (κ1) is 16.3. The molecular weight excluding hydrogens is 235 g/mol. The van der Waals surface area contributed by atoms with Crippen molar-refractivity contribution in [3.63, 3.8) is 0 Å². The van der Waals surface area contributed by atoms with E-state index in [2.05, 4.69) is 52.8 Å². The molecule has 106 valence electrons. The summed E-state index contributed by atoms with van der Waals surface area (Å²) in [5.74, 6) is 0.302. The van der Waals surface area contributed by atoms with Gasteiger partial charge in [-0.2, -0.15) is 0 Å². The van der Waals surface area contributed by atoms with E-state index in [1.807, 2.05) is 26.0 Å². The lowest BCUT2D eigenvalue weighted by Gasteiger charge is -2.32. The largest absolute Gasteiger partial charge is 0.490 e. The molecule has 1 saturated heterocycles. The van der Waals surface area contributed by atoms with E-state index >= 15 is 0 Å². The second-order valence-electron chi connectivity index (χ2n) is 6.08. The molecule has 1 atom stereocenters. The van der Waals surface area contributed by atoms with Gasteiger partial charge in [0.05, 0.1) is 11.2 Å². The zero-order chi connectivity index (χ0) is 14.7. The Bertz CT molecular complexity index is 376. The monoisotopic (exact) mass is 262 g/mol. The van der Waals surface area contributed by atoms with Gasteiger partial charge in [0.25, 0.3) is 0 Å². The average molecular weight is 262 g/mol. The van der Waals surface area contributed by atoms with Crippen LogP contribution in [0.5, 0.6) is 0 Å². The van der Waals surface area contributed by atoms with Crippen molar-refractivity contribution < 1.29 is 9.31 Å². The molecule has 1 aliphatic heterocycles. The van der Waals surface area contributed by atoms with Gasteiger partial charge < -0.3 is 9.31 Å². The van der Waals surface area contributed by atoms with E-state index in [9.17, 15) is 0 Å². The first-order chi connectivity index (χ1) is 8.75. The van der Waals surface area contributed by atoms with Crippen LogP contribution in [0.25, 0.3) is 0 Å². The molecule has 2 nitrogen and oxygen atoms in total. The Labute approximate surface area is 118 Å². The van der Waals surface area contributed by atoms with E-state index < -0.39 is 0 Å². The molecule has 0 amide bonds. The minimum absolute atomic E-state index is 0.250. The standard InChI is InChI=1S/C16H27BO2/c1-8-10-11-12-13(3)14(9-2)17-18-15(4,5)16(6,7)19-17/h8-13H,1-7H3/b10-8-,12-11-,14-9+. The molecule has 0 aromatic carbocycles. The van der Waals surface area contributed by atoms with Gasteiger partial charge in [-0.05, 0) is 52.9 Å². The molecule has 19 heavy (non-hydrogen) atoms. The zero-order valence-corrected chi connectivity index (χ0v) is 13.4. The van der Waals surface area contributed by atoms with E-state index in [1.165, 1.54) is 5.47 Å². The van der Waals surface area contributed by atoms with E-state index in [-0.39, 0.29) is 18.3 Å². The summed E-state index contributed by atoms with van der Waals surface area (Å²) in [5, 5.41) is 0. The van der Waals surface area contributed by atoms with Crippen LogP contribution in [0.1, 0.15) is 48.5 Å². The highest BCUT2D eigenvalue weighted by Gasteiger charge is 2.52. The van der Waals surface area contributed by atoms with Crippen LogP contribution < -0.4 is 0 Å². The summed E-state index contributed by atoms with van der Waals surface area (Å²) >= 11 is 0. The van der Waals surface area contributed by atoms with Gasteiger partial charge in [0.15, 0.2) is 0 Å². The maximum Gasteiger partial charge on any atom is 0.490 e. The molecule has 1 aliphatic rings. The minimum atomic E-state index is -0.279. The fourth-order valence-corrected chi connectivity index (χ4v) is 2.05. The van der Waals surface area contributed by atoms with Crippen molar-refractivity contribution in [3.05, 3.63) is 35.9 Å². The fraction of sp³-hybridized carbons (Fsp3) is 0.625. The number of rotatable bonds is 4. The van der Waals surface area contributed by atoms with Gasteiger partial charge in [0.2, 0.25) is 0 Å². The molecule has 0 aromatic heterocycles. The second kappa shape index (κ2) is 6.10. The number of allylic oxidation sites excluding steroid dienone is 6. The third-order valence-electron chi connectivity index (χ3n) is 4.09. The molecule has 3 heteroatoms. The Balaban J connectivity index is 2.84. The summed E-state index contributed by atoms with van der Waals surface area (Å²) in [5.41, 5.74) is 0.622. The predicted molar refractivity (Wildman–Crippen MR) is 83.0 cm³/mol.